The van der Waals surface area contributed by atoms with Crippen LogP contribution in [0.3, 0.4) is 0 Å². The zero-order valence-corrected chi connectivity index (χ0v) is 11.5. The van der Waals surface area contributed by atoms with Gasteiger partial charge in [0, 0.05) is 18.5 Å². The number of hydrogen-bond acceptors (Lipinski definition) is 3. The van der Waals surface area contributed by atoms with Crippen LogP contribution in [0.25, 0.3) is 0 Å². The van der Waals surface area contributed by atoms with E-state index in [9.17, 15) is 9.59 Å². The van der Waals surface area contributed by atoms with Crippen LogP contribution in [0.15, 0.2) is 24.3 Å². The van der Waals surface area contributed by atoms with Gasteiger partial charge in [-0.05, 0) is 17.7 Å². The van der Waals surface area contributed by atoms with Crippen molar-refractivity contribution in [1.29, 1.82) is 0 Å². The van der Waals surface area contributed by atoms with E-state index in [1.54, 1.807) is 30.1 Å². The van der Waals surface area contributed by atoms with E-state index in [0.717, 1.165) is 5.56 Å². The predicted octanol–water partition coefficient (Wildman–Crippen LogP) is 1.54. The molecule has 19 heavy (non-hydrogen) atoms. The first kappa shape index (κ1) is 13.8. The maximum absolute atomic E-state index is 12.0. The molecule has 0 radical (unpaired) electrons. The fraction of sp³-hybridized carbons (Fsp3) is 0.385. The Labute approximate surface area is 116 Å². The largest absolute Gasteiger partial charge is 0.338 e. The summed E-state index contributed by atoms with van der Waals surface area (Å²) in [6.07, 6.45) is 0.170. The normalized spacial score (nSPS) is 22.7. The number of nitrogens with zero attached hydrogens (tertiary/aromatic N) is 1. The number of benzene rings is 1. The number of carbonyl (C=O) groups excluding carboxylic acids is 2. The molecular weight excluding hydrogens is 268 g/mol. The molecule has 1 aliphatic heterocycles. The van der Waals surface area contributed by atoms with E-state index in [1.165, 1.54) is 7.11 Å². The van der Waals surface area contributed by atoms with Crippen molar-refractivity contribution in [3.8, 4) is 0 Å². The zero-order valence-electron chi connectivity index (χ0n) is 10.7. The van der Waals surface area contributed by atoms with Crippen LogP contribution >= 0.6 is 11.6 Å². The van der Waals surface area contributed by atoms with Gasteiger partial charge in [0.1, 0.15) is 0 Å². The third-order valence-electron chi connectivity index (χ3n) is 3.32. The van der Waals surface area contributed by atoms with Crippen LogP contribution in [0.1, 0.15) is 18.0 Å². The van der Waals surface area contributed by atoms with Gasteiger partial charge >= 0.3 is 0 Å². The van der Waals surface area contributed by atoms with E-state index >= 15 is 0 Å². The second-order valence-corrected chi connectivity index (χ2v) is 4.92. The molecule has 0 bridgehead atoms. The van der Waals surface area contributed by atoms with E-state index in [0.29, 0.717) is 5.02 Å². The third kappa shape index (κ3) is 2.72. The molecule has 1 heterocycles. The summed E-state index contributed by atoms with van der Waals surface area (Å²) in [7, 11) is 3.06. The number of hydrogen-bond donors (Lipinski definition) is 1. The van der Waals surface area contributed by atoms with E-state index in [2.05, 4.69) is 10.3 Å². The van der Waals surface area contributed by atoms with Crippen LogP contribution in [0.2, 0.25) is 5.02 Å². The van der Waals surface area contributed by atoms with Crippen LogP contribution in [0.5, 0.6) is 0 Å². The molecule has 102 valence electrons. The first-order valence-corrected chi connectivity index (χ1v) is 6.26. The summed E-state index contributed by atoms with van der Waals surface area (Å²) in [4.78, 5) is 30.0. The third-order valence-corrected chi connectivity index (χ3v) is 3.55. The van der Waals surface area contributed by atoms with Crippen molar-refractivity contribution >= 4 is 23.4 Å². The van der Waals surface area contributed by atoms with Crippen molar-refractivity contribution in [3.05, 3.63) is 34.9 Å². The molecule has 2 atom stereocenters. The summed E-state index contributed by atoms with van der Waals surface area (Å²) in [6, 6.07) is 6.88. The monoisotopic (exact) mass is 282 g/mol. The summed E-state index contributed by atoms with van der Waals surface area (Å²) in [5.74, 6) is -0.845. The molecule has 1 aliphatic rings. The Balaban J connectivity index is 2.33. The lowest BCUT2D eigenvalue weighted by molar-refractivity contribution is -0.136. The molecule has 0 spiro atoms. The average Bonchev–Trinajstić information content (AvgIpc) is 2.66. The summed E-state index contributed by atoms with van der Waals surface area (Å²) in [5.41, 5.74) is 3.14. The van der Waals surface area contributed by atoms with Crippen LogP contribution in [0.4, 0.5) is 0 Å². The minimum absolute atomic E-state index is 0.0683. The molecule has 0 aliphatic carbocycles. The molecule has 1 aromatic carbocycles. The number of hydroxylamine groups is 1. The molecule has 1 N–H and O–H groups in total. The van der Waals surface area contributed by atoms with E-state index < -0.39 is 5.92 Å². The van der Waals surface area contributed by atoms with E-state index in [-0.39, 0.29) is 24.3 Å². The SMILES string of the molecule is CONC(=O)[C@@H]1CC(=O)N(C)[C@@H]1c1cccc(Cl)c1. The molecular formula is C13H15ClN2O3. The van der Waals surface area contributed by atoms with Gasteiger partial charge in [0.05, 0.1) is 19.1 Å². The Morgan fingerprint density at radius 3 is 2.89 bits per heavy atom. The van der Waals surface area contributed by atoms with Crippen LogP contribution in [-0.4, -0.2) is 30.9 Å². The second kappa shape index (κ2) is 5.59. The van der Waals surface area contributed by atoms with Crippen molar-refractivity contribution in [1.82, 2.24) is 10.4 Å². The summed E-state index contributed by atoms with van der Waals surface area (Å²) < 4.78 is 0. The molecule has 1 saturated heterocycles. The lowest BCUT2D eigenvalue weighted by atomic mass is 9.93. The van der Waals surface area contributed by atoms with Gasteiger partial charge < -0.3 is 4.90 Å². The predicted molar refractivity (Wildman–Crippen MR) is 70.2 cm³/mol. The highest BCUT2D eigenvalue weighted by molar-refractivity contribution is 6.30. The molecule has 5 nitrogen and oxygen atoms in total. The van der Waals surface area contributed by atoms with Gasteiger partial charge in [0.2, 0.25) is 11.8 Å². The van der Waals surface area contributed by atoms with Gasteiger partial charge in [-0.25, -0.2) is 5.48 Å². The molecule has 0 saturated carbocycles. The number of likely N-dealkylation sites (tertiary alicyclic amines) is 1. The highest BCUT2D eigenvalue weighted by atomic mass is 35.5. The van der Waals surface area contributed by atoms with Crippen molar-refractivity contribution in [2.45, 2.75) is 12.5 Å². The average molecular weight is 283 g/mol. The summed E-state index contributed by atoms with van der Waals surface area (Å²) in [5, 5.41) is 0.580. The van der Waals surface area contributed by atoms with Crippen LogP contribution in [-0.2, 0) is 14.4 Å². The molecule has 1 aromatic rings. The fourth-order valence-electron chi connectivity index (χ4n) is 2.43. The van der Waals surface area contributed by atoms with Gasteiger partial charge in [0.25, 0.3) is 0 Å². The number of halogens is 1. The Morgan fingerprint density at radius 1 is 1.53 bits per heavy atom. The second-order valence-electron chi connectivity index (χ2n) is 4.49. The molecule has 0 aromatic heterocycles. The highest BCUT2D eigenvalue weighted by Gasteiger charge is 2.42. The van der Waals surface area contributed by atoms with Gasteiger partial charge in [-0.2, -0.15) is 0 Å². The molecule has 6 heteroatoms. The number of nitrogens with one attached hydrogen (secondary N) is 1. The lowest BCUT2D eigenvalue weighted by Crippen LogP contribution is -2.33. The van der Waals surface area contributed by atoms with Gasteiger partial charge in [-0.3, -0.25) is 14.4 Å². The standard InChI is InChI=1S/C13H15ClN2O3/c1-16-11(17)7-10(13(18)15-19-2)12(16)8-4-3-5-9(14)6-8/h3-6,10,12H,7H2,1-2H3,(H,15,18)/t10-,12-/m1/s1. The maximum Gasteiger partial charge on any atom is 0.249 e. The van der Waals surface area contributed by atoms with E-state index in [1.807, 2.05) is 6.07 Å². The molecule has 2 amide bonds. The van der Waals surface area contributed by atoms with Crippen LogP contribution < -0.4 is 5.48 Å². The Bertz CT molecular complexity index is 506. The van der Waals surface area contributed by atoms with Crippen LogP contribution in [0, 0.1) is 5.92 Å². The Morgan fingerprint density at radius 2 is 2.26 bits per heavy atom. The topological polar surface area (TPSA) is 58.6 Å². The highest BCUT2D eigenvalue weighted by Crippen LogP contribution is 2.37. The van der Waals surface area contributed by atoms with Crippen molar-refractivity contribution < 1.29 is 14.4 Å². The lowest BCUT2D eigenvalue weighted by Gasteiger charge is -2.24. The molecule has 1 fully saturated rings. The minimum atomic E-state index is -0.476. The number of carbonyl (C=O) groups is 2. The fourth-order valence-corrected chi connectivity index (χ4v) is 2.63. The first-order valence-electron chi connectivity index (χ1n) is 5.88. The Hall–Kier alpha value is -1.59. The maximum atomic E-state index is 12.0. The summed E-state index contributed by atoms with van der Waals surface area (Å²) >= 11 is 5.97. The Kier molecular flexibility index (Phi) is 4.07. The number of amides is 2. The first-order chi connectivity index (χ1) is 9.04. The molecule has 0 unspecified atom stereocenters. The smallest absolute Gasteiger partial charge is 0.249 e. The number of rotatable bonds is 3. The van der Waals surface area contributed by atoms with Gasteiger partial charge in [-0.15, -0.1) is 0 Å². The summed E-state index contributed by atoms with van der Waals surface area (Å²) in [6.45, 7) is 0. The van der Waals surface area contributed by atoms with Crippen molar-refractivity contribution in [3.63, 3.8) is 0 Å². The van der Waals surface area contributed by atoms with Gasteiger partial charge in [-0.1, -0.05) is 23.7 Å². The van der Waals surface area contributed by atoms with E-state index in [4.69, 9.17) is 11.6 Å². The minimum Gasteiger partial charge on any atom is -0.338 e. The van der Waals surface area contributed by atoms with Crippen molar-refractivity contribution in [2.24, 2.45) is 5.92 Å². The molecule has 2 rings (SSSR count). The zero-order chi connectivity index (χ0) is 14.0. The van der Waals surface area contributed by atoms with Crippen molar-refractivity contribution in [2.75, 3.05) is 14.2 Å². The quantitative estimate of drug-likeness (QED) is 0.856. The van der Waals surface area contributed by atoms with Gasteiger partial charge in [0.15, 0.2) is 0 Å².